The molecule has 0 aliphatic rings. The Bertz CT molecular complexity index is 1330. The number of benzene rings is 3. The first-order chi connectivity index (χ1) is 19.7. The second kappa shape index (κ2) is 14.7. The predicted octanol–water partition coefficient (Wildman–Crippen LogP) is 2.07. The summed E-state index contributed by atoms with van der Waals surface area (Å²) in [5.41, 5.74) is 19.0. The van der Waals surface area contributed by atoms with Gasteiger partial charge in [-0.05, 0) is 48.2 Å². The fraction of sp³-hybridized carbons (Fsp3) is 0.214. The van der Waals surface area contributed by atoms with Crippen molar-refractivity contribution in [3.05, 3.63) is 112 Å². The molecule has 214 valence electrons. The van der Waals surface area contributed by atoms with Crippen molar-refractivity contribution in [3.63, 3.8) is 0 Å². The Balaban J connectivity index is 2.09. The van der Waals surface area contributed by atoms with E-state index in [0.717, 1.165) is 0 Å². The molecule has 0 unspecified atom stereocenters. The van der Waals surface area contributed by atoms with Crippen LogP contribution in [0.5, 0.6) is 0 Å². The van der Waals surface area contributed by atoms with E-state index in [9.17, 15) is 24.5 Å². The van der Waals surface area contributed by atoms with Gasteiger partial charge in [0.05, 0.1) is 5.92 Å². The molecular formula is C28H32N8O5. The van der Waals surface area contributed by atoms with E-state index in [2.05, 4.69) is 15.7 Å². The SMILES string of the molecule is NCCC[C@@H](C(=O)NC(N)=N[N+](=O)[O-])N(Cc1ccc(NC(N)=O)cc1)C(=O)C(c1ccccc1)c1ccccc1. The Morgan fingerprint density at radius 2 is 1.46 bits per heavy atom. The van der Waals surface area contributed by atoms with Crippen molar-refractivity contribution in [3.8, 4) is 0 Å². The van der Waals surface area contributed by atoms with Gasteiger partial charge in [-0.1, -0.05) is 72.8 Å². The highest BCUT2D eigenvalue weighted by Gasteiger charge is 2.35. The average molecular weight is 561 g/mol. The maximum Gasteiger partial charge on any atom is 0.316 e. The molecule has 3 aromatic rings. The fourth-order valence-electron chi connectivity index (χ4n) is 4.37. The molecule has 0 aliphatic carbocycles. The number of urea groups is 1. The van der Waals surface area contributed by atoms with Crippen LogP contribution in [0.4, 0.5) is 10.5 Å². The number of hydrogen-bond donors (Lipinski definition) is 5. The molecule has 4 amide bonds. The molecule has 0 aromatic heterocycles. The van der Waals surface area contributed by atoms with Crippen LogP contribution in [0, 0.1) is 10.1 Å². The second-order valence-corrected chi connectivity index (χ2v) is 9.07. The maximum absolute atomic E-state index is 14.5. The predicted molar refractivity (Wildman–Crippen MR) is 154 cm³/mol. The van der Waals surface area contributed by atoms with Gasteiger partial charge < -0.3 is 27.4 Å². The van der Waals surface area contributed by atoms with Crippen LogP contribution in [0.3, 0.4) is 0 Å². The number of guanidine groups is 1. The molecule has 0 spiro atoms. The highest BCUT2D eigenvalue weighted by molar-refractivity contribution is 6.00. The summed E-state index contributed by atoms with van der Waals surface area (Å²) in [5, 5.41) is 17.4. The zero-order chi connectivity index (χ0) is 29.8. The number of carbonyl (C=O) groups is 3. The molecule has 0 fully saturated rings. The molecule has 0 saturated carbocycles. The lowest BCUT2D eigenvalue weighted by Crippen LogP contribution is -2.53. The zero-order valence-corrected chi connectivity index (χ0v) is 22.2. The molecular weight excluding hydrogens is 528 g/mol. The van der Waals surface area contributed by atoms with Gasteiger partial charge in [-0.2, -0.15) is 0 Å². The lowest BCUT2D eigenvalue weighted by Gasteiger charge is -2.34. The van der Waals surface area contributed by atoms with E-state index in [4.69, 9.17) is 17.2 Å². The Morgan fingerprint density at radius 3 is 1.95 bits per heavy atom. The molecule has 8 N–H and O–H groups in total. The summed E-state index contributed by atoms with van der Waals surface area (Å²) in [4.78, 5) is 51.4. The van der Waals surface area contributed by atoms with Crippen molar-refractivity contribution in [2.75, 3.05) is 11.9 Å². The van der Waals surface area contributed by atoms with Gasteiger partial charge in [0.25, 0.3) is 5.96 Å². The maximum atomic E-state index is 14.5. The molecule has 3 aromatic carbocycles. The van der Waals surface area contributed by atoms with Crippen molar-refractivity contribution < 1.29 is 19.4 Å². The third-order valence-electron chi connectivity index (χ3n) is 6.17. The molecule has 0 aliphatic heterocycles. The Kier molecular flexibility index (Phi) is 10.9. The molecule has 13 heteroatoms. The summed E-state index contributed by atoms with van der Waals surface area (Å²) in [6.07, 6.45) is 0.522. The van der Waals surface area contributed by atoms with Crippen LogP contribution in [0.1, 0.15) is 35.4 Å². The lowest BCUT2D eigenvalue weighted by molar-refractivity contribution is -0.485. The minimum absolute atomic E-state index is 0.0131. The molecule has 13 nitrogen and oxygen atoms in total. The quantitative estimate of drug-likeness (QED) is 0.0961. The van der Waals surface area contributed by atoms with Crippen LogP contribution in [0.25, 0.3) is 0 Å². The number of nitrogens with two attached hydrogens (primary N) is 3. The van der Waals surface area contributed by atoms with E-state index >= 15 is 0 Å². The molecule has 1 atom stereocenters. The molecule has 3 rings (SSSR count). The van der Waals surface area contributed by atoms with Gasteiger partial charge >= 0.3 is 6.03 Å². The molecule has 41 heavy (non-hydrogen) atoms. The van der Waals surface area contributed by atoms with Gasteiger partial charge in [0.2, 0.25) is 11.8 Å². The van der Waals surface area contributed by atoms with Crippen LogP contribution in [-0.4, -0.2) is 46.3 Å². The van der Waals surface area contributed by atoms with E-state index in [0.29, 0.717) is 28.8 Å². The first-order valence-corrected chi connectivity index (χ1v) is 12.7. The standard InChI is InChI=1S/C28H32N8O5/c29-17-7-12-23(25(37)33-27(30)34-36(40)41)35(18-19-13-15-22(16-14-19)32-28(31)39)26(38)24(20-8-3-1-4-9-20)21-10-5-2-6-11-21/h1-6,8-11,13-16,23-24H,7,12,17-18,29H2,(H3,31,32,39)(H3,30,33,34,37)/t23-/m0/s1. The summed E-state index contributed by atoms with van der Waals surface area (Å²) >= 11 is 0. The molecule has 0 bridgehead atoms. The summed E-state index contributed by atoms with van der Waals surface area (Å²) in [5.74, 6) is -2.62. The first-order valence-electron chi connectivity index (χ1n) is 12.7. The molecule has 0 heterocycles. The highest BCUT2D eigenvalue weighted by Crippen LogP contribution is 2.29. The number of nitrogens with one attached hydrogen (secondary N) is 2. The minimum atomic E-state index is -1.11. The number of hydrogen-bond acceptors (Lipinski definition) is 6. The van der Waals surface area contributed by atoms with E-state index in [1.165, 1.54) is 4.90 Å². The summed E-state index contributed by atoms with van der Waals surface area (Å²) in [6, 6.07) is 23.0. The smallest absolute Gasteiger partial charge is 0.316 e. The number of nitrogens with zero attached hydrogens (tertiary/aromatic N) is 3. The Labute approximate surface area is 236 Å². The van der Waals surface area contributed by atoms with E-state index in [-0.39, 0.29) is 25.4 Å². The van der Waals surface area contributed by atoms with E-state index in [1.807, 2.05) is 60.7 Å². The van der Waals surface area contributed by atoms with Gasteiger partial charge in [-0.3, -0.25) is 14.9 Å². The average Bonchev–Trinajstić information content (AvgIpc) is 2.94. The summed E-state index contributed by atoms with van der Waals surface area (Å²) in [6.45, 7) is 0.222. The number of primary amides is 1. The zero-order valence-electron chi connectivity index (χ0n) is 22.2. The van der Waals surface area contributed by atoms with Crippen LogP contribution in [-0.2, 0) is 16.1 Å². The van der Waals surface area contributed by atoms with Crippen molar-refractivity contribution in [2.24, 2.45) is 22.3 Å². The fourth-order valence-corrected chi connectivity index (χ4v) is 4.37. The van der Waals surface area contributed by atoms with Crippen molar-refractivity contribution in [1.82, 2.24) is 10.2 Å². The molecule has 0 radical (unpaired) electrons. The molecule has 0 saturated heterocycles. The largest absolute Gasteiger partial charge is 0.364 e. The number of amides is 4. The van der Waals surface area contributed by atoms with Gasteiger partial charge in [0.15, 0.2) is 5.03 Å². The van der Waals surface area contributed by atoms with Gasteiger partial charge in [0.1, 0.15) is 11.1 Å². The lowest BCUT2D eigenvalue weighted by atomic mass is 9.89. The summed E-state index contributed by atoms with van der Waals surface area (Å²) < 4.78 is 0. The number of nitro groups is 1. The normalized spacial score (nSPS) is 11.9. The van der Waals surface area contributed by atoms with Gasteiger partial charge in [-0.15, -0.1) is 0 Å². The topological polar surface area (TPSA) is 212 Å². The van der Waals surface area contributed by atoms with Crippen molar-refractivity contribution in [1.29, 1.82) is 0 Å². The van der Waals surface area contributed by atoms with Gasteiger partial charge in [-0.25, -0.2) is 14.9 Å². The number of carbonyl (C=O) groups excluding carboxylic acids is 3. The Morgan fingerprint density at radius 1 is 0.902 bits per heavy atom. The number of hydrazone groups is 1. The van der Waals surface area contributed by atoms with Crippen LogP contribution >= 0.6 is 0 Å². The Hall–Kier alpha value is -5.30. The first kappa shape index (κ1) is 30.2. The highest BCUT2D eigenvalue weighted by atomic mass is 16.7. The van der Waals surface area contributed by atoms with Gasteiger partial charge in [0, 0.05) is 12.2 Å². The van der Waals surface area contributed by atoms with Crippen LogP contribution in [0.15, 0.2) is 90.0 Å². The number of anilines is 1. The van der Waals surface area contributed by atoms with E-state index < -0.39 is 34.9 Å². The van der Waals surface area contributed by atoms with Crippen LogP contribution in [0.2, 0.25) is 0 Å². The summed E-state index contributed by atoms with van der Waals surface area (Å²) in [7, 11) is 0. The third-order valence-corrected chi connectivity index (χ3v) is 6.17. The number of rotatable bonds is 12. The minimum Gasteiger partial charge on any atom is -0.364 e. The second-order valence-electron chi connectivity index (χ2n) is 9.07. The van der Waals surface area contributed by atoms with Crippen molar-refractivity contribution >= 4 is 29.5 Å². The monoisotopic (exact) mass is 560 g/mol. The van der Waals surface area contributed by atoms with E-state index in [1.54, 1.807) is 24.3 Å². The van der Waals surface area contributed by atoms with Crippen LogP contribution < -0.4 is 27.8 Å². The van der Waals surface area contributed by atoms with Crippen molar-refractivity contribution in [2.45, 2.75) is 31.3 Å². The third kappa shape index (κ3) is 8.86.